The van der Waals surface area contributed by atoms with Gasteiger partial charge in [0.05, 0.1) is 5.56 Å². The molecular weight excluding hydrogens is 222 g/mol. The Balaban J connectivity index is 3.40. The lowest BCUT2D eigenvalue weighted by Crippen LogP contribution is -2.12. The third-order valence-electron chi connectivity index (χ3n) is 1.62. The van der Waals surface area contributed by atoms with Crippen molar-refractivity contribution in [3.8, 4) is 0 Å². The second-order valence-corrected chi connectivity index (χ2v) is 2.94. The molecule has 0 aliphatic carbocycles. The van der Waals surface area contributed by atoms with Crippen LogP contribution in [0.1, 0.15) is 11.1 Å². The van der Waals surface area contributed by atoms with Gasteiger partial charge < -0.3 is 5.73 Å². The minimum absolute atomic E-state index is 0.0776. The number of rotatable bonds is 1. The highest BCUT2D eigenvalue weighted by Gasteiger charge is 2.36. The lowest BCUT2D eigenvalue weighted by molar-refractivity contribution is -0.140. The van der Waals surface area contributed by atoms with Crippen LogP contribution in [-0.2, 0) is 12.1 Å². The molecule has 0 aliphatic rings. The van der Waals surface area contributed by atoms with Gasteiger partial charge in [0.25, 0.3) is 0 Å². The molecule has 0 spiro atoms. The molecule has 78 valence electrons. The van der Waals surface area contributed by atoms with Gasteiger partial charge in [0.15, 0.2) is 0 Å². The van der Waals surface area contributed by atoms with Gasteiger partial charge in [-0.15, -0.1) is 11.6 Å². The molecule has 0 saturated heterocycles. The minimum atomic E-state index is -4.75. The van der Waals surface area contributed by atoms with E-state index < -0.39 is 23.4 Å². The first-order chi connectivity index (χ1) is 6.36. The monoisotopic (exact) mass is 227 g/mol. The van der Waals surface area contributed by atoms with Crippen molar-refractivity contribution in [2.45, 2.75) is 12.1 Å². The Morgan fingerprint density at radius 3 is 2.29 bits per heavy atom. The predicted molar refractivity (Wildman–Crippen MR) is 45.4 cm³/mol. The Morgan fingerprint density at radius 1 is 1.29 bits per heavy atom. The van der Waals surface area contributed by atoms with E-state index in [1.807, 2.05) is 0 Å². The van der Waals surface area contributed by atoms with Gasteiger partial charge in [0.2, 0.25) is 0 Å². The van der Waals surface area contributed by atoms with Gasteiger partial charge in [-0.2, -0.15) is 13.2 Å². The van der Waals surface area contributed by atoms with Crippen LogP contribution in [0.5, 0.6) is 0 Å². The topological polar surface area (TPSA) is 26.0 Å². The second kappa shape index (κ2) is 3.65. The molecule has 0 saturated carbocycles. The van der Waals surface area contributed by atoms with Crippen LogP contribution in [0.2, 0.25) is 0 Å². The lowest BCUT2D eigenvalue weighted by Gasteiger charge is -2.12. The van der Waals surface area contributed by atoms with Gasteiger partial charge in [0.1, 0.15) is 5.82 Å². The Kier molecular flexibility index (Phi) is 2.89. The Labute approximate surface area is 82.5 Å². The van der Waals surface area contributed by atoms with Crippen molar-refractivity contribution < 1.29 is 17.6 Å². The van der Waals surface area contributed by atoms with Crippen molar-refractivity contribution in [3.63, 3.8) is 0 Å². The third-order valence-corrected chi connectivity index (χ3v) is 1.91. The number of hydrogen-bond donors (Lipinski definition) is 1. The number of hydrogen-bond acceptors (Lipinski definition) is 1. The normalized spacial score (nSPS) is 11.8. The standard InChI is InChI=1S/C8H6ClF4N/c9-3-4-1-5(14)2-6(10)7(4)8(11,12)13/h1-2H,3,14H2. The van der Waals surface area contributed by atoms with E-state index in [1.165, 1.54) is 0 Å². The summed E-state index contributed by atoms with van der Waals surface area (Å²) in [6.45, 7) is 0. The van der Waals surface area contributed by atoms with E-state index in [0.717, 1.165) is 6.07 Å². The molecule has 0 heterocycles. The summed E-state index contributed by atoms with van der Waals surface area (Å²) in [5, 5.41) is 0. The number of nitrogen functional groups attached to an aromatic ring is 1. The lowest BCUT2D eigenvalue weighted by atomic mass is 10.1. The Morgan fingerprint density at radius 2 is 1.86 bits per heavy atom. The van der Waals surface area contributed by atoms with Crippen LogP contribution in [0.25, 0.3) is 0 Å². The largest absolute Gasteiger partial charge is 0.419 e. The van der Waals surface area contributed by atoms with Crippen molar-refractivity contribution >= 4 is 17.3 Å². The van der Waals surface area contributed by atoms with E-state index in [4.69, 9.17) is 17.3 Å². The van der Waals surface area contributed by atoms with Crippen LogP contribution in [0.4, 0.5) is 23.2 Å². The van der Waals surface area contributed by atoms with Gasteiger partial charge in [-0.05, 0) is 17.7 Å². The summed E-state index contributed by atoms with van der Waals surface area (Å²) < 4.78 is 49.8. The zero-order chi connectivity index (χ0) is 10.9. The first kappa shape index (κ1) is 11.1. The maximum Gasteiger partial charge on any atom is 0.419 e. The molecule has 0 bridgehead atoms. The summed E-state index contributed by atoms with van der Waals surface area (Å²) in [6, 6.07) is 1.64. The van der Waals surface area contributed by atoms with Crippen LogP contribution >= 0.6 is 11.6 Å². The van der Waals surface area contributed by atoms with Gasteiger partial charge in [-0.1, -0.05) is 0 Å². The number of benzene rings is 1. The highest BCUT2D eigenvalue weighted by atomic mass is 35.5. The fourth-order valence-corrected chi connectivity index (χ4v) is 1.32. The van der Waals surface area contributed by atoms with Crippen LogP contribution in [0, 0.1) is 5.82 Å². The van der Waals surface area contributed by atoms with E-state index in [1.54, 1.807) is 0 Å². The van der Waals surface area contributed by atoms with Crippen LogP contribution in [0.3, 0.4) is 0 Å². The highest BCUT2D eigenvalue weighted by molar-refractivity contribution is 6.17. The van der Waals surface area contributed by atoms with Crippen LogP contribution in [-0.4, -0.2) is 0 Å². The number of anilines is 1. The molecule has 1 aromatic carbocycles. The van der Waals surface area contributed by atoms with Gasteiger partial charge >= 0.3 is 6.18 Å². The molecule has 2 N–H and O–H groups in total. The third kappa shape index (κ3) is 2.09. The average molecular weight is 228 g/mol. The summed E-state index contributed by atoms with van der Waals surface area (Å²) in [6.07, 6.45) is -4.75. The second-order valence-electron chi connectivity index (χ2n) is 2.67. The summed E-state index contributed by atoms with van der Waals surface area (Å²) in [5.41, 5.74) is 3.41. The van der Waals surface area contributed by atoms with Crippen molar-refractivity contribution in [1.82, 2.24) is 0 Å². The van der Waals surface area contributed by atoms with E-state index in [2.05, 4.69) is 0 Å². The van der Waals surface area contributed by atoms with Gasteiger partial charge in [-0.3, -0.25) is 0 Å². The summed E-state index contributed by atoms with van der Waals surface area (Å²) in [7, 11) is 0. The Bertz CT molecular complexity index is 348. The first-order valence-corrected chi connectivity index (χ1v) is 4.10. The molecular formula is C8H6ClF4N. The van der Waals surface area contributed by atoms with E-state index in [0.29, 0.717) is 6.07 Å². The fraction of sp³-hybridized carbons (Fsp3) is 0.250. The van der Waals surface area contributed by atoms with Crippen molar-refractivity contribution in [1.29, 1.82) is 0 Å². The molecule has 6 heteroatoms. The Hall–Kier alpha value is -0.970. The van der Waals surface area contributed by atoms with Gasteiger partial charge in [-0.25, -0.2) is 4.39 Å². The van der Waals surface area contributed by atoms with Crippen molar-refractivity contribution in [2.24, 2.45) is 0 Å². The van der Waals surface area contributed by atoms with E-state index >= 15 is 0 Å². The average Bonchev–Trinajstić information content (AvgIpc) is 1.99. The molecule has 0 atom stereocenters. The molecule has 0 unspecified atom stereocenters. The fourth-order valence-electron chi connectivity index (χ4n) is 1.11. The molecule has 0 amide bonds. The first-order valence-electron chi connectivity index (χ1n) is 3.57. The highest BCUT2D eigenvalue weighted by Crippen LogP contribution is 2.35. The molecule has 1 nitrogen and oxygen atoms in total. The molecule has 0 fully saturated rings. The molecule has 0 aliphatic heterocycles. The SMILES string of the molecule is Nc1cc(F)c(C(F)(F)F)c(CCl)c1. The number of halogens is 5. The zero-order valence-corrected chi connectivity index (χ0v) is 7.58. The number of alkyl halides is 4. The smallest absolute Gasteiger partial charge is 0.399 e. The summed E-state index contributed by atoms with van der Waals surface area (Å²) in [5.74, 6) is -1.83. The summed E-state index contributed by atoms with van der Waals surface area (Å²) >= 11 is 5.26. The molecule has 0 radical (unpaired) electrons. The maximum atomic E-state index is 12.9. The van der Waals surface area contributed by atoms with Crippen molar-refractivity contribution in [3.05, 3.63) is 29.1 Å². The molecule has 1 aromatic rings. The molecule has 1 rings (SSSR count). The van der Waals surface area contributed by atoms with Crippen LogP contribution < -0.4 is 5.73 Å². The molecule has 14 heavy (non-hydrogen) atoms. The number of nitrogens with two attached hydrogens (primary N) is 1. The predicted octanol–water partition coefficient (Wildman–Crippen LogP) is 3.17. The minimum Gasteiger partial charge on any atom is -0.399 e. The molecule has 0 aromatic heterocycles. The van der Waals surface area contributed by atoms with E-state index in [-0.39, 0.29) is 11.3 Å². The quantitative estimate of drug-likeness (QED) is 0.445. The maximum absolute atomic E-state index is 12.9. The van der Waals surface area contributed by atoms with E-state index in [9.17, 15) is 17.6 Å². The summed E-state index contributed by atoms with van der Waals surface area (Å²) in [4.78, 5) is 0. The van der Waals surface area contributed by atoms with Crippen LogP contribution in [0.15, 0.2) is 12.1 Å². The van der Waals surface area contributed by atoms with Crippen molar-refractivity contribution in [2.75, 3.05) is 5.73 Å². The van der Waals surface area contributed by atoms with Gasteiger partial charge in [0, 0.05) is 11.6 Å². The zero-order valence-electron chi connectivity index (χ0n) is 6.83.